The maximum absolute atomic E-state index is 5.56. The van der Waals surface area contributed by atoms with Crippen LogP contribution in [0.1, 0.15) is 16.8 Å². The van der Waals surface area contributed by atoms with E-state index in [0.29, 0.717) is 19.2 Å². The van der Waals surface area contributed by atoms with Crippen molar-refractivity contribution in [2.75, 3.05) is 7.11 Å². The number of benzene rings is 1. The van der Waals surface area contributed by atoms with Gasteiger partial charge >= 0.3 is 6.01 Å². The van der Waals surface area contributed by atoms with E-state index in [1.54, 1.807) is 13.3 Å². The number of nitrogens with zero attached hydrogens (tertiary/aromatic N) is 2. The minimum atomic E-state index is 0.359. The molecule has 2 N–H and O–H groups in total. The summed E-state index contributed by atoms with van der Waals surface area (Å²) in [4.78, 5) is 8.38. The summed E-state index contributed by atoms with van der Waals surface area (Å²) in [5.41, 5.74) is 8.34. The Hall–Kier alpha value is -2.14. The molecule has 1 aromatic heterocycles. The first-order valence-electron chi connectivity index (χ1n) is 6.01. The second kappa shape index (κ2) is 6.15. The zero-order valence-corrected chi connectivity index (χ0v) is 11.1. The Morgan fingerprint density at radius 1 is 1.32 bits per heavy atom. The molecule has 0 amide bonds. The van der Waals surface area contributed by atoms with Crippen molar-refractivity contribution >= 4 is 0 Å². The largest absolute Gasteiger partial charge is 0.497 e. The average molecular weight is 259 g/mol. The summed E-state index contributed by atoms with van der Waals surface area (Å²) in [7, 11) is 1.64. The topological polar surface area (TPSA) is 70.3 Å². The molecule has 0 radical (unpaired) electrons. The lowest BCUT2D eigenvalue weighted by Gasteiger charge is -2.08. The lowest BCUT2D eigenvalue weighted by Crippen LogP contribution is -2.05. The molecule has 5 heteroatoms. The molecule has 0 fully saturated rings. The summed E-state index contributed by atoms with van der Waals surface area (Å²) in [5, 5.41) is 0. The second-order valence-corrected chi connectivity index (χ2v) is 4.11. The Morgan fingerprint density at radius 3 is 2.84 bits per heavy atom. The SMILES string of the molecule is COc1cccc(COc2ncc(CN)c(C)n2)c1. The molecule has 0 unspecified atom stereocenters. The van der Waals surface area contributed by atoms with E-state index >= 15 is 0 Å². The Bertz CT molecular complexity index is 558. The Morgan fingerprint density at radius 2 is 2.16 bits per heavy atom. The number of nitrogens with two attached hydrogens (primary N) is 1. The summed E-state index contributed by atoms with van der Waals surface area (Å²) < 4.78 is 10.7. The molecule has 0 saturated heterocycles. The van der Waals surface area contributed by atoms with Gasteiger partial charge in [0.25, 0.3) is 0 Å². The second-order valence-electron chi connectivity index (χ2n) is 4.11. The van der Waals surface area contributed by atoms with Crippen LogP contribution < -0.4 is 15.2 Å². The van der Waals surface area contributed by atoms with Gasteiger partial charge in [-0.1, -0.05) is 12.1 Å². The van der Waals surface area contributed by atoms with E-state index in [4.69, 9.17) is 15.2 Å². The molecule has 1 aromatic carbocycles. The van der Waals surface area contributed by atoms with Gasteiger partial charge < -0.3 is 15.2 Å². The fourth-order valence-corrected chi connectivity index (χ4v) is 1.65. The van der Waals surface area contributed by atoms with Crippen molar-refractivity contribution in [2.24, 2.45) is 5.73 Å². The zero-order chi connectivity index (χ0) is 13.7. The van der Waals surface area contributed by atoms with E-state index < -0.39 is 0 Å². The number of hydrogen-bond donors (Lipinski definition) is 1. The molecular weight excluding hydrogens is 242 g/mol. The molecule has 0 spiro atoms. The number of aryl methyl sites for hydroxylation is 1. The van der Waals surface area contributed by atoms with Crippen molar-refractivity contribution in [1.29, 1.82) is 0 Å². The van der Waals surface area contributed by atoms with E-state index in [0.717, 1.165) is 22.6 Å². The standard InChI is InChI=1S/C14H17N3O2/c1-10-12(7-15)8-16-14(17-10)19-9-11-4-3-5-13(6-11)18-2/h3-6,8H,7,9,15H2,1-2H3. The van der Waals surface area contributed by atoms with Crippen molar-refractivity contribution in [2.45, 2.75) is 20.1 Å². The minimum Gasteiger partial charge on any atom is -0.497 e. The Labute approximate surface area is 112 Å². The van der Waals surface area contributed by atoms with Gasteiger partial charge in [-0.2, -0.15) is 0 Å². The van der Waals surface area contributed by atoms with Gasteiger partial charge in [0, 0.05) is 24.0 Å². The Balaban J connectivity index is 2.03. The van der Waals surface area contributed by atoms with Crippen molar-refractivity contribution in [1.82, 2.24) is 9.97 Å². The number of aromatic nitrogens is 2. The molecular formula is C14H17N3O2. The van der Waals surface area contributed by atoms with E-state index in [-0.39, 0.29) is 0 Å². The van der Waals surface area contributed by atoms with Crippen LogP contribution in [-0.4, -0.2) is 17.1 Å². The van der Waals surface area contributed by atoms with Gasteiger partial charge in [-0.05, 0) is 24.6 Å². The lowest BCUT2D eigenvalue weighted by molar-refractivity contribution is 0.279. The summed E-state index contributed by atoms with van der Waals surface area (Å²) in [6, 6.07) is 8.05. The van der Waals surface area contributed by atoms with Gasteiger partial charge in [-0.25, -0.2) is 9.97 Å². The highest BCUT2D eigenvalue weighted by molar-refractivity contribution is 5.28. The molecule has 0 atom stereocenters. The fraction of sp³-hybridized carbons (Fsp3) is 0.286. The third-order valence-corrected chi connectivity index (χ3v) is 2.78. The molecule has 5 nitrogen and oxygen atoms in total. The number of ether oxygens (including phenoxy) is 2. The summed E-state index contributed by atoms with van der Waals surface area (Å²) in [6.45, 7) is 2.73. The van der Waals surface area contributed by atoms with Crippen LogP contribution in [0.2, 0.25) is 0 Å². The van der Waals surface area contributed by atoms with E-state index in [1.165, 1.54) is 0 Å². The first-order chi connectivity index (χ1) is 9.22. The number of rotatable bonds is 5. The number of hydrogen-bond acceptors (Lipinski definition) is 5. The van der Waals surface area contributed by atoms with Crippen molar-refractivity contribution in [3.05, 3.63) is 47.3 Å². The quantitative estimate of drug-likeness (QED) is 0.887. The van der Waals surface area contributed by atoms with Crippen LogP contribution in [0.5, 0.6) is 11.8 Å². The summed E-state index contributed by atoms with van der Waals surface area (Å²) in [5.74, 6) is 0.802. The van der Waals surface area contributed by atoms with Gasteiger partial charge in [0.2, 0.25) is 0 Å². The van der Waals surface area contributed by atoms with Crippen LogP contribution in [0.25, 0.3) is 0 Å². The Kier molecular flexibility index (Phi) is 4.30. The lowest BCUT2D eigenvalue weighted by atomic mass is 10.2. The van der Waals surface area contributed by atoms with Gasteiger partial charge in [-0.15, -0.1) is 0 Å². The highest BCUT2D eigenvalue weighted by Gasteiger charge is 2.04. The van der Waals surface area contributed by atoms with Crippen molar-refractivity contribution < 1.29 is 9.47 Å². The van der Waals surface area contributed by atoms with Gasteiger partial charge in [0.15, 0.2) is 0 Å². The highest BCUT2D eigenvalue weighted by atomic mass is 16.5. The van der Waals surface area contributed by atoms with Crippen LogP contribution in [0.15, 0.2) is 30.5 Å². The fourth-order valence-electron chi connectivity index (χ4n) is 1.65. The van der Waals surface area contributed by atoms with E-state index in [9.17, 15) is 0 Å². The van der Waals surface area contributed by atoms with Gasteiger partial charge in [0.1, 0.15) is 12.4 Å². The van der Waals surface area contributed by atoms with Gasteiger partial charge in [0.05, 0.1) is 7.11 Å². The van der Waals surface area contributed by atoms with Crippen LogP contribution in [0.4, 0.5) is 0 Å². The molecule has 0 aliphatic carbocycles. The van der Waals surface area contributed by atoms with Crippen LogP contribution in [0.3, 0.4) is 0 Å². The smallest absolute Gasteiger partial charge is 0.316 e. The summed E-state index contributed by atoms with van der Waals surface area (Å²) >= 11 is 0. The molecule has 0 aliphatic heterocycles. The van der Waals surface area contributed by atoms with Crippen LogP contribution in [-0.2, 0) is 13.2 Å². The molecule has 19 heavy (non-hydrogen) atoms. The molecule has 2 rings (SSSR count). The van der Waals surface area contributed by atoms with E-state index in [2.05, 4.69) is 9.97 Å². The number of methoxy groups -OCH3 is 1. The third kappa shape index (κ3) is 3.42. The summed E-state index contributed by atoms with van der Waals surface area (Å²) in [6.07, 6.45) is 1.70. The maximum Gasteiger partial charge on any atom is 0.316 e. The zero-order valence-electron chi connectivity index (χ0n) is 11.1. The van der Waals surface area contributed by atoms with Crippen LogP contribution in [0, 0.1) is 6.92 Å². The predicted octanol–water partition coefficient (Wildman–Crippen LogP) is 1.83. The molecule has 1 heterocycles. The van der Waals surface area contributed by atoms with E-state index in [1.807, 2.05) is 31.2 Å². The first kappa shape index (κ1) is 13.3. The monoisotopic (exact) mass is 259 g/mol. The average Bonchev–Trinajstić information content (AvgIpc) is 2.45. The normalized spacial score (nSPS) is 10.3. The third-order valence-electron chi connectivity index (χ3n) is 2.78. The maximum atomic E-state index is 5.56. The van der Waals surface area contributed by atoms with Crippen molar-refractivity contribution in [3.63, 3.8) is 0 Å². The minimum absolute atomic E-state index is 0.359. The molecule has 2 aromatic rings. The first-order valence-corrected chi connectivity index (χ1v) is 6.01. The molecule has 0 aliphatic rings. The van der Waals surface area contributed by atoms with Crippen molar-refractivity contribution in [3.8, 4) is 11.8 Å². The molecule has 0 saturated carbocycles. The molecule has 0 bridgehead atoms. The van der Waals surface area contributed by atoms with Crippen LogP contribution >= 0.6 is 0 Å². The van der Waals surface area contributed by atoms with Gasteiger partial charge in [-0.3, -0.25) is 0 Å². The molecule has 100 valence electrons. The predicted molar refractivity (Wildman–Crippen MR) is 72.0 cm³/mol. The highest BCUT2D eigenvalue weighted by Crippen LogP contribution is 2.14.